The minimum Gasteiger partial charge on any atom is -0.495 e. The van der Waals surface area contributed by atoms with Crippen LogP contribution in [0.25, 0.3) is 0 Å². The third-order valence-corrected chi connectivity index (χ3v) is 5.93. The largest absolute Gasteiger partial charge is 0.495 e. The number of pyridine rings is 1. The van der Waals surface area contributed by atoms with Gasteiger partial charge in [-0.1, -0.05) is 18.2 Å². The molecule has 34 heavy (non-hydrogen) atoms. The van der Waals surface area contributed by atoms with Gasteiger partial charge in [-0.05, 0) is 61.7 Å². The molecule has 1 saturated heterocycles. The summed E-state index contributed by atoms with van der Waals surface area (Å²) >= 11 is 0. The van der Waals surface area contributed by atoms with E-state index in [9.17, 15) is 14.0 Å². The number of ether oxygens (including phenoxy) is 1. The van der Waals surface area contributed by atoms with Gasteiger partial charge in [0.25, 0.3) is 5.91 Å². The van der Waals surface area contributed by atoms with E-state index in [1.807, 2.05) is 25.1 Å². The highest BCUT2D eigenvalue weighted by atomic mass is 19.1. The van der Waals surface area contributed by atoms with Crippen LogP contribution in [0.1, 0.15) is 28.8 Å². The number of piperidine rings is 1. The summed E-state index contributed by atoms with van der Waals surface area (Å²) in [5.41, 5.74) is 2.23. The molecule has 0 atom stereocenters. The molecule has 7 nitrogen and oxygen atoms in total. The second kappa shape index (κ2) is 10.3. The number of carbonyl (C=O) groups is 2. The first-order chi connectivity index (χ1) is 16.4. The van der Waals surface area contributed by atoms with Gasteiger partial charge in [0, 0.05) is 30.8 Å². The Morgan fingerprint density at radius 3 is 2.53 bits per heavy atom. The van der Waals surface area contributed by atoms with Crippen molar-refractivity contribution in [2.75, 3.05) is 35.7 Å². The number of rotatable bonds is 6. The first-order valence-corrected chi connectivity index (χ1v) is 11.2. The van der Waals surface area contributed by atoms with E-state index < -0.39 is 11.7 Å². The second-order valence-electron chi connectivity index (χ2n) is 8.29. The van der Waals surface area contributed by atoms with Gasteiger partial charge in [0.1, 0.15) is 17.4 Å². The third kappa shape index (κ3) is 5.33. The fraction of sp³-hybridized carbons (Fsp3) is 0.269. The van der Waals surface area contributed by atoms with Crippen LogP contribution in [-0.2, 0) is 4.79 Å². The molecule has 2 N–H and O–H groups in total. The molecule has 0 radical (unpaired) electrons. The molecule has 4 rings (SSSR count). The predicted molar refractivity (Wildman–Crippen MR) is 130 cm³/mol. The van der Waals surface area contributed by atoms with Gasteiger partial charge < -0.3 is 20.3 Å². The zero-order valence-corrected chi connectivity index (χ0v) is 19.2. The molecule has 1 fully saturated rings. The normalized spacial score (nSPS) is 13.9. The number of aryl methyl sites for hydroxylation is 1. The molecule has 3 aromatic rings. The number of halogens is 1. The topological polar surface area (TPSA) is 83.6 Å². The maximum Gasteiger partial charge on any atom is 0.255 e. The smallest absolute Gasteiger partial charge is 0.255 e. The fourth-order valence-electron chi connectivity index (χ4n) is 4.01. The average molecular weight is 463 g/mol. The van der Waals surface area contributed by atoms with E-state index in [2.05, 4.69) is 20.5 Å². The lowest BCUT2D eigenvalue weighted by atomic mass is 9.95. The summed E-state index contributed by atoms with van der Waals surface area (Å²) in [6, 6.07) is 15.0. The molecule has 0 aliphatic carbocycles. The van der Waals surface area contributed by atoms with Crippen molar-refractivity contribution in [3.8, 4) is 5.75 Å². The number of methoxy groups -OCH3 is 1. The lowest BCUT2D eigenvalue weighted by Gasteiger charge is -2.32. The first kappa shape index (κ1) is 23.2. The van der Waals surface area contributed by atoms with Gasteiger partial charge in [-0.2, -0.15) is 0 Å². The first-order valence-electron chi connectivity index (χ1n) is 11.2. The molecule has 2 amide bonds. The van der Waals surface area contributed by atoms with Crippen LogP contribution in [-0.4, -0.2) is 37.0 Å². The number of nitrogens with one attached hydrogen (secondary N) is 2. The zero-order chi connectivity index (χ0) is 24.1. The number of hydrogen-bond donors (Lipinski definition) is 2. The van der Waals surface area contributed by atoms with Crippen LogP contribution in [0.15, 0.2) is 60.8 Å². The predicted octanol–water partition coefficient (Wildman–Crippen LogP) is 4.65. The number of amides is 2. The van der Waals surface area contributed by atoms with Crippen molar-refractivity contribution in [1.82, 2.24) is 4.98 Å². The van der Waals surface area contributed by atoms with Gasteiger partial charge in [0.2, 0.25) is 5.91 Å². The van der Waals surface area contributed by atoms with Crippen LogP contribution in [0.3, 0.4) is 0 Å². The molecule has 2 heterocycles. The molecule has 176 valence electrons. The number of nitrogens with zero attached hydrogens (tertiary/aromatic N) is 2. The lowest BCUT2D eigenvalue weighted by Crippen LogP contribution is -2.38. The Hall–Kier alpha value is -3.94. The van der Waals surface area contributed by atoms with Crippen LogP contribution in [0, 0.1) is 18.7 Å². The summed E-state index contributed by atoms with van der Waals surface area (Å²) < 4.78 is 19.2. The minimum absolute atomic E-state index is 0.0328. The Kier molecular flexibility index (Phi) is 7.06. The highest BCUT2D eigenvalue weighted by Gasteiger charge is 2.26. The zero-order valence-electron chi connectivity index (χ0n) is 19.2. The number of carbonyl (C=O) groups excluding carboxylic acids is 2. The Bertz CT molecular complexity index is 1190. The molecular formula is C26H27FN4O3. The molecule has 0 saturated carbocycles. The molecule has 2 aromatic carbocycles. The molecule has 0 spiro atoms. The van der Waals surface area contributed by atoms with Crippen molar-refractivity contribution in [2.24, 2.45) is 5.92 Å². The molecular weight excluding hydrogens is 435 g/mol. The highest BCUT2D eigenvalue weighted by Crippen LogP contribution is 2.28. The third-order valence-electron chi connectivity index (χ3n) is 5.93. The summed E-state index contributed by atoms with van der Waals surface area (Å²) in [6.45, 7) is 3.23. The van der Waals surface area contributed by atoms with Crippen LogP contribution < -0.4 is 20.3 Å². The van der Waals surface area contributed by atoms with Gasteiger partial charge in [0.05, 0.1) is 18.5 Å². The Labute approximate surface area is 198 Å². The molecule has 0 unspecified atom stereocenters. The summed E-state index contributed by atoms with van der Waals surface area (Å²) in [5.74, 6) is 0.221. The van der Waals surface area contributed by atoms with Crippen molar-refractivity contribution in [1.29, 1.82) is 0 Å². The van der Waals surface area contributed by atoms with E-state index >= 15 is 0 Å². The Balaban J connectivity index is 1.37. The maximum atomic E-state index is 13.9. The van der Waals surface area contributed by atoms with Crippen molar-refractivity contribution in [3.63, 3.8) is 0 Å². The number of aromatic nitrogens is 1. The number of hydrogen-bond acceptors (Lipinski definition) is 5. The van der Waals surface area contributed by atoms with E-state index in [4.69, 9.17) is 4.74 Å². The van der Waals surface area contributed by atoms with Crippen LogP contribution in [0.4, 0.5) is 21.6 Å². The minimum atomic E-state index is -0.492. The fourth-order valence-corrected chi connectivity index (χ4v) is 4.01. The molecule has 0 bridgehead atoms. The molecule has 1 aliphatic heterocycles. The standard InChI is InChI=1S/C26H27FN4O3/c1-17-7-8-23(34-2)22(15-17)30-25(32)18-10-13-31(14-11-18)24-16-19(9-12-28-24)26(33)29-21-6-4-3-5-20(21)27/h3-9,12,15-16,18H,10-11,13-14H2,1-2H3,(H,29,33)(H,30,32). The van der Waals surface area contributed by atoms with Gasteiger partial charge in [-0.25, -0.2) is 9.37 Å². The van der Waals surface area contributed by atoms with Crippen molar-refractivity contribution >= 4 is 29.0 Å². The monoisotopic (exact) mass is 462 g/mol. The van der Waals surface area contributed by atoms with Crippen LogP contribution >= 0.6 is 0 Å². The van der Waals surface area contributed by atoms with E-state index in [1.165, 1.54) is 12.1 Å². The SMILES string of the molecule is COc1ccc(C)cc1NC(=O)C1CCN(c2cc(C(=O)Nc3ccccc3F)ccn2)CC1. The Morgan fingerprint density at radius 2 is 1.79 bits per heavy atom. The summed E-state index contributed by atoms with van der Waals surface area (Å²) in [5, 5.41) is 5.59. The van der Waals surface area contributed by atoms with Gasteiger partial charge in [-0.3, -0.25) is 9.59 Å². The van der Waals surface area contributed by atoms with E-state index in [0.29, 0.717) is 48.7 Å². The maximum absolute atomic E-state index is 13.9. The number of anilines is 3. The van der Waals surface area contributed by atoms with E-state index in [1.54, 1.807) is 37.6 Å². The number of para-hydroxylation sites is 1. The van der Waals surface area contributed by atoms with Crippen LogP contribution in [0.2, 0.25) is 0 Å². The van der Waals surface area contributed by atoms with Gasteiger partial charge in [-0.15, -0.1) is 0 Å². The molecule has 8 heteroatoms. The van der Waals surface area contributed by atoms with Crippen molar-refractivity contribution in [3.05, 3.63) is 77.7 Å². The van der Waals surface area contributed by atoms with Crippen LogP contribution in [0.5, 0.6) is 5.75 Å². The summed E-state index contributed by atoms with van der Waals surface area (Å²) in [6.07, 6.45) is 2.88. The summed E-state index contributed by atoms with van der Waals surface area (Å²) in [4.78, 5) is 31.9. The Morgan fingerprint density at radius 1 is 1.03 bits per heavy atom. The quantitative estimate of drug-likeness (QED) is 0.557. The van der Waals surface area contributed by atoms with Crippen molar-refractivity contribution in [2.45, 2.75) is 19.8 Å². The van der Waals surface area contributed by atoms with E-state index in [-0.39, 0.29) is 17.5 Å². The highest BCUT2D eigenvalue weighted by molar-refractivity contribution is 6.04. The lowest BCUT2D eigenvalue weighted by molar-refractivity contribution is -0.120. The van der Waals surface area contributed by atoms with Gasteiger partial charge >= 0.3 is 0 Å². The summed E-state index contributed by atoms with van der Waals surface area (Å²) in [7, 11) is 1.58. The second-order valence-corrected chi connectivity index (χ2v) is 8.29. The molecule has 1 aromatic heterocycles. The molecule has 1 aliphatic rings. The number of benzene rings is 2. The average Bonchev–Trinajstić information content (AvgIpc) is 2.86. The van der Waals surface area contributed by atoms with Gasteiger partial charge in [0.15, 0.2) is 0 Å². The van der Waals surface area contributed by atoms with Crippen molar-refractivity contribution < 1.29 is 18.7 Å². The van der Waals surface area contributed by atoms with E-state index in [0.717, 1.165) is 5.56 Å².